The van der Waals surface area contributed by atoms with E-state index in [1.165, 1.54) is 35.2 Å². The van der Waals surface area contributed by atoms with Crippen LogP contribution in [-0.4, -0.2) is 53.9 Å². The predicted molar refractivity (Wildman–Crippen MR) is 134 cm³/mol. The number of amidine groups is 1. The summed E-state index contributed by atoms with van der Waals surface area (Å²) in [6, 6.07) is 9.98. The molecule has 1 aliphatic rings. The number of phenols is 1. The summed E-state index contributed by atoms with van der Waals surface area (Å²) in [6.07, 6.45) is 2.45. The second-order valence-corrected chi connectivity index (χ2v) is 8.77. The van der Waals surface area contributed by atoms with Gasteiger partial charge in [0.15, 0.2) is 11.5 Å². The van der Waals surface area contributed by atoms with E-state index in [4.69, 9.17) is 20.6 Å². The molecule has 1 amide bonds. The topological polar surface area (TPSA) is 125 Å². The number of hydrogen-bond acceptors (Lipinski definition) is 7. The number of anilines is 1. The van der Waals surface area contributed by atoms with E-state index in [0.717, 1.165) is 19.3 Å². The maximum Gasteiger partial charge on any atom is 0.261 e. The molecule has 4 rings (SSSR count). The minimum atomic E-state index is -1.06. The van der Waals surface area contributed by atoms with Crippen molar-refractivity contribution in [3.05, 3.63) is 65.2 Å². The highest BCUT2D eigenvalue weighted by molar-refractivity contribution is 5.95. The van der Waals surface area contributed by atoms with Gasteiger partial charge >= 0.3 is 0 Å². The fourth-order valence-corrected chi connectivity index (χ4v) is 3.95. The Hall–Kier alpha value is -4.41. The lowest BCUT2D eigenvalue weighted by atomic mass is 10.1. The van der Waals surface area contributed by atoms with Crippen molar-refractivity contribution in [3.63, 3.8) is 0 Å². The molecule has 1 aliphatic heterocycles. The molecule has 37 heavy (non-hydrogen) atoms. The molecule has 9 nitrogen and oxygen atoms in total. The van der Waals surface area contributed by atoms with Crippen LogP contribution in [-0.2, 0) is 0 Å². The van der Waals surface area contributed by atoms with Crippen LogP contribution in [0.4, 0.5) is 14.5 Å². The zero-order valence-corrected chi connectivity index (χ0v) is 20.4. The Morgan fingerprint density at radius 3 is 2.35 bits per heavy atom. The van der Waals surface area contributed by atoms with Gasteiger partial charge in [-0.05, 0) is 55.7 Å². The van der Waals surface area contributed by atoms with Crippen LogP contribution in [0.25, 0.3) is 0 Å². The summed E-state index contributed by atoms with van der Waals surface area (Å²) in [7, 11) is 3.20. The normalized spacial score (nSPS) is 13.2. The van der Waals surface area contributed by atoms with Crippen LogP contribution >= 0.6 is 0 Å². The van der Waals surface area contributed by atoms with Crippen molar-refractivity contribution in [2.24, 2.45) is 5.73 Å². The zero-order chi connectivity index (χ0) is 26.7. The lowest BCUT2D eigenvalue weighted by molar-refractivity contribution is 0.0827. The molecule has 0 atom stereocenters. The van der Waals surface area contributed by atoms with Gasteiger partial charge in [-0.1, -0.05) is 6.07 Å². The summed E-state index contributed by atoms with van der Waals surface area (Å²) in [4.78, 5) is 19.2. The summed E-state index contributed by atoms with van der Waals surface area (Å²) in [5, 5.41) is 17.8. The van der Waals surface area contributed by atoms with Gasteiger partial charge in [0.2, 0.25) is 11.6 Å². The van der Waals surface area contributed by atoms with Crippen molar-refractivity contribution in [1.82, 2.24) is 9.88 Å². The van der Waals surface area contributed by atoms with E-state index in [1.807, 2.05) is 0 Å². The number of pyridine rings is 1. The average Bonchev–Trinajstić information content (AvgIpc) is 2.88. The van der Waals surface area contributed by atoms with Crippen LogP contribution in [0.2, 0.25) is 0 Å². The molecule has 0 aliphatic carbocycles. The molecule has 0 saturated carbocycles. The van der Waals surface area contributed by atoms with Gasteiger partial charge in [-0.3, -0.25) is 10.2 Å². The molecular formula is C26H27F2N5O4. The number of rotatable bonds is 7. The standard InChI is InChI=1S/C26H27F2N5O4/c1-32(2)26(35)16-7-6-8-17(13-16)36-24-20(27)22(33-11-4-3-5-12-33)21(28)25(31-24)37-19-14-15(23(29)30)9-10-18(19)34/h6-10,13-14,34H,3-5,11-12H2,1-2H3,(H3,29,30). The third-order valence-electron chi connectivity index (χ3n) is 5.85. The highest BCUT2D eigenvalue weighted by Crippen LogP contribution is 2.40. The Bertz CT molecular complexity index is 1340. The van der Waals surface area contributed by atoms with Crippen molar-refractivity contribution in [3.8, 4) is 29.0 Å². The molecule has 194 valence electrons. The molecular weight excluding hydrogens is 484 g/mol. The number of phenolic OH excluding ortho intramolecular Hbond substituents is 1. The quantitative estimate of drug-likeness (QED) is 0.312. The summed E-state index contributed by atoms with van der Waals surface area (Å²) in [5.74, 6) is -4.30. The number of amides is 1. The van der Waals surface area contributed by atoms with Crippen LogP contribution < -0.4 is 20.1 Å². The number of hydrogen-bond donors (Lipinski definition) is 3. The predicted octanol–water partition coefficient (Wildman–Crippen LogP) is 4.63. The first-order valence-corrected chi connectivity index (χ1v) is 11.6. The number of carbonyl (C=O) groups is 1. The van der Waals surface area contributed by atoms with Gasteiger partial charge in [-0.15, -0.1) is 0 Å². The van der Waals surface area contributed by atoms with Gasteiger partial charge in [0.05, 0.1) is 0 Å². The van der Waals surface area contributed by atoms with E-state index in [0.29, 0.717) is 18.7 Å². The van der Waals surface area contributed by atoms with E-state index in [9.17, 15) is 9.90 Å². The van der Waals surface area contributed by atoms with Gasteiger partial charge in [0, 0.05) is 38.3 Å². The largest absolute Gasteiger partial charge is 0.504 e. The molecule has 1 fully saturated rings. The van der Waals surface area contributed by atoms with E-state index >= 15 is 8.78 Å². The van der Waals surface area contributed by atoms with Crippen molar-refractivity contribution < 1.29 is 28.2 Å². The molecule has 0 bridgehead atoms. The molecule has 0 radical (unpaired) electrons. The molecule has 1 aromatic heterocycles. The van der Waals surface area contributed by atoms with Gasteiger partial charge in [-0.25, -0.2) is 0 Å². The van der Waals surface area contributed by atoms with E-state index in [-0.39, 0.29) is 40.2 Å². The van der Waals surface area contributed by atoms with Gasteiger partial charge in [-0.2, -0.15) is 13.8 Å². The molecule has 3 aromatic rings. The third-order valence-corrected chi connectivity index (χ3v) is 5.85. The first-order chi connectivity index (χ1) is 17.7. The Kier molecular flexibility index (Phi) is 7.42. The van der Waals surface area contributed by atoms with Crippen LogP contribution in [0.3, 0.4) is 0 Å². The second kappa shape index (κ2) is 10.7. The average molecular weight is 512 g/mol. The van der Waals surface area contributed by atoms with E-state index in [2.05, 4.69) is 4.98 Å². The SMILES string of the molecule is CN(C)C(=O)c1cccc(Oc2nc(Oc3cc(C(=N)N)ccc3O)c(F)c(N3CCCCC3)c2F)c1. The molecule has 11 heteroatoms. The number of aromatic nitrogens is 1. The minimum absolute atomic E-state index is 0.114. The zero-order valence-electron chi connectivity index (χ0n) is 20.4. The minimum Gasteiger partial charge on any atom is -0.504 e. The highest BCUT2D eigenvalue weighted by Gasteiger charge is 2.29. The summed E-state index contributed by atoms with van der Waals surface area (Å²) < 4.78 is 42.6. The maximum atomic E-state index is 15.7. The first kappa shape index (κ1) is 25.7. The fourth-order valence-electron chi connectivity index (χ4n) is 3.95. The Morgan fingerprint density at radius 1 is 1.03 bits per heavy atom. The number of ether oxygens (including phenoxy) is 2. The van der Waals surface area contributed by atoms with Crippen LogP contribution in [0, 0.1) is 17.0 Å². The number of nitrogens with two attached hydrogens (primary N) is 1. The van der Waals surface area contributed by atoms with Crippen molar-refractivity contribution in [2.45, 2.75) is 19.3 Å². The number of nitrogen functional groups attached to an aromatic ring is 1. The number of benzene rings is 2. The second-order valence-electron chi connectivity index (χ2n) is 8.77. The number of piperidine rings is 1. The number of nitrogens with one attached hydrogen (secondary N) is 1. The number of halogens is 2. The van der Waals surface area contributed by atoms with Gasteiger partial charge in [0.25, 0.3) is 17.7 Å². The fraction of sp³-hybridized carbons (Fsp3) is 0.269. The smallest absolute Gasteiger partial charge is 0.261 e. The summed E-state index contributed by atoms with van der Waals surface area (Å²) in [6.45, 7) is 0.850. The van der Waals surface area contributed by atoms with Crippen LogP contribution in [0.15, 0.2) is 42.5 Å². The number of nitrogens with zero attached hydrogens (tertiary/aromatic N) is 3. The first-order valence-electron chi connectivity index (χ1n) is 11.6. The molecule has 2 aromatic carbocycles. The van der Waals surface area contributed by atoms with Gasteiger partial charge < -0.3 is 30.1 Å². The monoisotopic (exact) mass is 511 g/mol. The third kappa shape index (κ3) is 5.55. The van der Waals surface area contributed by atoms with E-state index in [1.54, 1.807) is 31.1 Å². The molecule has 1 saturated heterocycles. The van der Waals surface area contributed by atoms with Crippen molar-refractivity contribution >= 4 is 17.4 Å². The summed E-state index contributed by atoms with van der Waals surface area (Å²) in [5.41, 5.74) is 5.69. The Balaban J connectivity index is 1.79. The van der Waals surface area contributed by atoms with Crippen LogP contribution in [0.1, 0.15) is 35.2 Å². The number of aromatic hydroxyl groups is 1. The maximum absolute atomic E-state index is 15.7. The lowest BCUT2D eigenvalue weighted by Gasteiger charge is -2.30. The highest BCUT2D eigenvalue weighted by atomic mass is 19.1. The van der Waals surface area contributed by atoms with Gasteiger partial charge in [0.1, 0.15) is 17.3 Å². The molecule has 4 N–H and O–H groups in total. The summed E-state index contributed by atoms with van der Waals surface area (Å²) >= 11 is 0. The Labute approximate surface area is 212 Å². The Morgan fingerprint density at radius 2 is 1.70 bits per heavy atom. The lowest BCUT2D eigenvalue weighted by Crippen LogP contribution is -2.31. The van der Waals surface area contributed by atoms with Crippen molar-refractivity contribution in [1.29, 1.82) is 5.41 Å². The van der Waals surface area contributed by atoms with Crippen LogP contribution in [0.5, 0.6) is 29.0 Å². The molecule has 0 spiro atoms. The van der Waals surface area contributed by atoms with E-state index < -0.39 is 23.4 Å². The van der Waals surface area contributed by atoms with Crippen molar-refractivity contribution in [2.75, 3.05) is 32.1 Å². The number of carbonyl (C=O) groups excluding carboxylic acids is 1. The molecule has 2 heterocycles. The molecule has 0 unspecified atom stereocenters.